The van der Waals surface area contributed by atoms with Crippen LogP contribution in [-0.4, -0.2) is 27.8 Å². The van der Waals surface area contributed by atoms with Gasteiger partial charge in [0, 0.05) is 11.3 Å². The van der Waals surface area contributed by atoms with Crippen LogP contribution in [0, 0.1) is 0 Å². The second kappa shape index (κ2) is 7.93. The molecule has 0 aliphatic rings. The number of rotatable bonds is 5. The van der Waals surface area contributed by atoms with E-state index in [9.17, 15) is 9.59 Å². The summed E-state index contributed by atoms with van der Waals surface area (Å²) in [6.07, 6.45) is 3.11. The standard InChI is InChI=1S/C22H18N4O3/c1-14(24-22(28)20-10-5-11-29-20)21(27)25-16-7-4-6-15(12-16)19-13-23-17-8-2-3-9-18(17)26-19/h2-14H,1H3,(H,24,28)(H,25,27)/t14-/m0/s1. The minimum absolute atomic E-state index is 0.154. The lowest BCUT2D eigenvalue weighted by Crippen LogP contribution is -2.41. The van der Waals surface area contributed by atoms with E-state index in [1.54, 1.807) is 25.3 Å². The van der Waals surface area contributed by atoms with Gasteiger partial charge in [0.15, 0.2) is 5.76 Å². The smallest absolute Gasteiger partial charge is 0.287 e. The van der Waals surface area contributed by atoms with Gasteiger partial charge in [-0.25, -0.2) is 4.98 Å². The molecular formula is C22H18N4O3. The average Bonchev–Trinajstić information content (AvgIpc) is 3.28. The Bertz CT molecular complexity index is 1170. The fourth-order valence-electron chi connectivity index (χ4n) is 2.84. The van der Waals surface area contributed by atoms with Crippen molar-refractivity contribution in [3.63, 3.8) is 0 Å². The molecule has 4 rings (SSSR count). The highest BCUT2D eigenvalue weighted by Gasteiger charge is 2.18. The van der Waals surface area contributed by atoms with Crippen LogP contribution in [0.1, 0.15) is 17.5 Å². The predicted octanol–water partition coefficient (Wildman–Crippen LogP) is 3.65. The van der Waals surface area contributed by atoms with Crippen LogP contribution in [-0.2, 0) is 4.79 Å². The second-order valence-electron chi connectivity index (χ2n) is 6.49. The minimum atomic E-state index is -0.739. The van der Waals surface area contributed by atoms with Gasteiger partial charge >= 0.3 is 0 Å². The van der Waals surface area contributed by atoms with Crippen molar-refractivity contribution in [1.82, 2.24) is 15.3 Å². The fraction of sp³-hybridized carbons (Fsp3) is 0.0909. The number of fused-ring (bicyclic) bond motifs is 1. The van der Waals surface area contributed by atoms with E-state index in [4.69, 9.17) is 4.42 Å². The summed E-state index contributed by atoms with van der Waals surface area (Å²) in [4.78, 5) is 33.5. The summed E-state index contributed by atoms with van der Waals surface area (Å²) in [5.74, 6) is -0.633. The molecular weight excluding hydrogens is 368 g/mol. The lowest BCUT2D eigenvalue weighted by atomic mass is 10.1. The van der Waals surface area contributed by atoms with Gasteiger partial charge in [0.05, 0.1) is 29.2 Å². The van der Waals surface area contributed by atoms with E-state index < -0.39 is 11.9 Å². The van der Waals surface area contributed by atoms with Crippen molar-refractivity contribution < 1.29 is 14.0 Å². The Morgan fingerprint density at radius 1 is 1.00 bits per heavy atom. The van der Waals surface area contributed by atoms with Crippen molar-refractivity contribution in [3.8, 4) is 11.3 Å². The molecule has 2 heterocycles. The molecule has 0 fully saturated rings. The number of benzene rings is 2. The van der Waals surface area contributed by atoms with Gasteiger partial charge in [-0.3, -0.25) is 14.6 Å². The molecule has 0 saturated heterocycles. The molecule has 7 heteroatoms. The van der Waals surface area contributed by atoms with Gasteiger partial charge in [0.1, 0.15) is 6.04 Å². The van der Waals surface area contributed by atoms with E-state index >= 15 is 0 Å². The first kappa shape index (κ1) is 18.4. The van der Waals surface area contributed by atoms with Gasteiger partial charge in [0.25, 0.3) is 5.91 Å². The summed E-state index contributed by atoms with van der Waals surface area (Å²) in [5.41, 5.74) is 3.75. The van der Waals surface area contributed by atoms with Crippen LogP contribution >= 0.6 is 0 Å². The Hall–Kier alpha value is -4.00. The molecule has 2 aromatic heterocycles. The van der Waals surface area contributed by atoms with Crippen molar-refractivity contribution in [2.45, 2.75) is 13.0 Å². The second-order valence-corrected chi connectivity index (χ2v) is 6.49. The first-order valence-electron chi connectivity index (χ1n) is 9.07. The molecule has 0 radical (unpaired) electrons. The Morgan fingerprint density at radius 3 is 2.62 bits per heavy atom. The fourth-order valence-corrected chi connectivity index (χ4v) is 2.84. The van der Waals surface area contributed by atoms with Crippen LogP contribution in [0.5, 0.6) is 0 Å². The number of hydrogen-bond acceptors (Lipinski definition) is 5. The minimum Gasteiger partial charge on any atom is -0.459 e. The van der Waals surface area contributed by atoms with Gasteiger partial charge < -0.3 is 15.1 Å². The molecule has 0 bridgehead atoms. The zero-order valence-corrected chi connectivity index (χ0v) is 15.6. The van der Waals surface area contributed by atoms with Gasteiger partial charge in [-0.2, -0.15) is 0 Å². The van der Waals surface area contributed by atoms with Gasteiger partial charge in [-0.1, -0.05) is 24.3 Å². The SMILES string of the molecule is C[C@H](NC(=O)c1ccco1)C(=O)Nc1cccc(-c2cnc3ccccc3n2)c1. The zero-order valence-electron chi connectivity index (χ0n) is 15.6. The molecule has 29 heavy (non-hydrogen) atoms. The maximum absolute atomic E-state index is 12.5. The molecule has 0 aliphatic heterocycles. The number of hydrogen-bond donors (Lipinski definition) is 2. The highest BCUT2D eigenvalue weighted by atomic mass is 16.3. The first-order chi connectivity index (χ1) is 14.1. The Balaban J connectivity index is 1.48. The molecule has 4 aromatic rings. The van der Waals surface area contributed by atoms with E-state index in [1.165, 1.54) is 12.3 Å². The van der Waals surface area contributed by atoms with Crippen molar-refractivity contribution in [2.75, 3.05) is 5.32 Å². The monoisotopic (exact) mass is 386 g/mol. The summed E-state index contributed by atoms with van der Waals surface area (Å²) < 4.78 is 5.03. The largest absolute Gasteiger partial charge is 0.459 e. The maximum Gasteiger partial charge on any atom is 0.287 e. The Morgan fingerprint density at radius 2 is 1.83 bits per heavy atom. The van der Waals surface area contributed by atoms with Crippen molar-refractivity contribution >= 4 is 28.5 Å². The molecule has 144 valence electrons. The highest BCUT2D eigenvalue weighted by molar-refractivity contribution is 6.00. The number of para-hydroxylation sites is 2. The number of nitrogens with zero attached hydrogens (tertiary/aromatic N) is 2. The van der Waals surface area contributed by atoms with E-state index in [2.05, 4.69) is 20.6 Å². The van der Waals surface area contributed by atoms with Crippen LogP contribution in [0.25, 0.3) is 22.3 Å². The number of carbonyl (C=O) groups is 2. The highest BCUT2D eigenvalue weighted by Crippen LogP contribution is 2.22. The summed E-state index contributed by atoms with van der Waals surface area (Å²) in [5, 5.41) is 5.41. The molecule has 1 atom stereocenters. The van der Waals surface area contributed by atoms with Crippen LogP contribution < -0.4 is 10.6 Å². The molecule has 2 aromatic carbocycles. The van der Waals surface area contributed by atoms with E-state index in [-0.39, 0.29) is 11.7 Å². The molecule has 2 N–H and O–H groups in total. The maximum atomic E-state index is 12.5. The Kier molecular flexibility index (Phi) is 5.03. The predicted molar refractivity (Wildman–Crippen MR) is 109 cm³/mol. The van der Waals surface area contributed by atoms with Crippen LogP contribution in [0.3, 0.4) is 0 Å². The lowest BCUT2D eigenvalue weighted by molar-refractivity contribution is -0.117. The number of furan rings is 1. The molecule has 7 nitrogen and oxygen atoms in total. The molecule has 2 amide bonds. The van der Waals surface area contributed by atoms with Crippen molar-refractivity contribution in [2.24, 2.45) is 0 Å². The van der Waals surface area contributed by atoms with E-state index in [0.29, 0.717) is 11.4 Å². The summed E-state index contributed by atoms with van der Waals surface area (Å²) in [7, 11) is 0. The quantitative estimate of drug-likeness (QED) is 0.546. The average molecular weight is 386 g/mol. The topological polar surface area (TPSA) is 97.1 Å². The van der Waals surface area contributed by atoms with E-state index in [1.807, 2.05) is 42.5 Å². The number of amides is 2. The normalized spacial score (nSPS) is 11.8. The summed E-state index contributed by atoms with van der Waals surface area (Å²) >= 11 is 0. The lowest BCUT2D eigenvalue weighted by Gasteiger charge is -2.14. The number of nitrogens with one attached hydrogen (secondary N) is 2. The molecule has 0 aliphatic carbocycles. The van der Waals surface area contributed by atoms with Gasteiger partial charge in [0.2, 0.25) is 5.91 Å². The molecule has 0 spiro atoms. The summed E-state index contributed by atoms with van der Waals surface area (Å²) in [6, 6.07) is 17.4. The third-order valence-electron chi connectivity index (χ3n) is 4.36. The number of aromatic nitrogens is 2. The zero-order chi connectivity index (χ0) is 20.2. The number of anilines is 1. The van der Waals surface area contributed by atoms with Gasteiger partial charge in [-0.05, 0) is 43.3 Å². The van der Waals surface area contributed by atoms with Crippen molar-refractivity contribution in [1.29, 1.82) is 0 Å². The third-order valence-corrected chi connectivity index (χ3v) is 4.36. The van der Waals surface area contributed by atoms with Crippen LogP contribution in [0.4, 0.5) is 5.69 Å². The van der Waals surface area contributed by atoms with E-state index in [0.717, 1.165) is 16.6 Å². The molecule has 0 saturated carbocycles. The first-order valence-corrected chi connectivity index (χ1v) is 9.07. The molecule has 0 unspecified atom stereocenters. The van der Waals surface area contributed by atoms with Crippen LogP contribution in [0.15, 0.2) is 77.5 Å². The van der Waals surface area contributed by atoms with Crippen molar-refractivity contribution in [3.05, 3.63) is 78.9 Å². The van der Waals surface area contributed by atoms with Crippen LogP contribution in [0.2, 0.25) is 0 Å². The summed E-state index contributed by atoms with van der Waals surface area (Å²) in [6.45, 7) is 1.61. The third kappa shape index (κ3) is 4.14. The number of carbonyl (C=O) groups excluding carboxylic acids is 2. The van der Waals surface area contributed by atoms with Gasteiger partial charge in [-0.15, -0.1) is 0 Å². The Labute approximate surface area is 166 Å².